The van der Waals surface area contributed by atoms with E-state index in [1.54, 1.807) is 17.4 Å². The lowest BCUT2D eigenvalue weighted by molar-refractivity contribution is 0.105. The predicted molar refractivity (Wildman–Crippen MR) is 128 cm³/mol. The van der Waals surface area contributed by atoms with E-state index in [-0.39, 0.29) is 5.78 Å². The van der Waals surface area contributed by atoms with Gasteiger partial charge >= 0.3 is 0 Å². The fourth-order valence-corrected chi connectivity index (χ4v) is 5.11. The fourth-order valence-electron chi connectivity index (χ4n) is 3.22. The van der Waals surface area contributed by atoms with Gasteiger partial charge in [-0.05, 0) is 52.7 Å². The molecule has 5 heteroatoms. The number of nitrogens with zero attached hydrogens (tertiary/aromatic N) is 2. The Morgan fingerprint density at radius 3 is 2.50 bits per heavy atom. The zero-order valence-electron chi connectivity index (χ0n) is 16.6. The number of halogens is 1. The molecule has 0 bridgehead atoms. The van der Waals surface area contributed by atoms with Crippen LogP contribution in [0.5, 0.6) is 0 Å². The van der Waals surface area contributed by atoms with Gasteiger partial charge in [0.15, 0.2) is 5.78 Å². The molecule has 4 rings (SSSR count). The summed E-state index contributed by atoms with van der Waals surface area (Å²) < 4.78 is 2.88. The molecule has 2 aromatic heterocycles. The first-order chi connectivity index (χ1) is 14.7. The van der Waals surface area contributed by atoms with E-state index in [1.807, 2.05) is 83.7 Å². The molecule has 0 aliphatic heterocycles. The lowest BCUT2D eigenvalue weighted by Crippen LogP contribution is -1.93. The predicted octanol–water partition coefficient (Wildman–Crippen LogP) is 7.21. The van der Waals surface area contributed by atoms with Crippen LogP contribution in [0.15, 0.2) is 83.5 Å². The summed E-state index contributed by atoms with van der Waals surface area (Å²) in [5, 5.41) is 4.79. The summed E-state index contributed by atoms with van der Waals surface area (Å²) in [4.78, 5) is 14.8. The topological polar surface area (TPSA) is 34.9 Å². The molecule has 0 atom stereocenters. The number of carbonyl (C=O) groups excluding carboxylic acids is 1. The summed E-state index contributed by atoms with van der Waals surface area (Å²) in [5.74, 6) is 0.00882. The van der Waals surface area contributed by atoms with Crippen LogP contribution in [0.4, 0.5) is 0 Å². The molecule has 3 nitrogen and oxygen atoms in total. The van der Waals surface area contributed by atoms with Gasteiger partial charge < -0.3 is 0 Å². The number of hydrogen-bond acceptors (Lipinski definition) is 3. The Morgan fingerprint density at radius 2 is 1.80 bits per heavy atom. The van der Waals surface area contributed by atoms with Crippen LogP contribution in [0.2, 0.25) is 0 Å². The third-order valence-corrected chi connectivity index (χ3v) is 6.88. The highest BCUT2D eigenvalue weighted by Crippen LogP contribution is 2.30. The lowest BCUT2D eigenvalue weighted by Gasteiger charge is -2.00. The number of allylic oxidation sites excluding steroid dienone is 1. The molecule has 0 fully saturated rings. The Labute approximate surface area is 188 Å². The van der Waals surface area contributed by atoms with E-state index in [0.29, 0.717) is 0 Å². The van der Waals surface area contributed by atoms with E-state index in [0.717, 1.165) is 44.7 Å². The average molecular weight is 477 g/mol. The number of carbonyl (C=O) groups is 1. The van der Waals surface area contributed by atoms with Gasteiger partial charge in [0, 0.05) is 26.7 Å². The van der Waals surface area contributed by atoms with Crippen LogP contribution in [-0.4, -0.2) is 15.6 Å². The Bertz CT molecular complexity index is 1180. The first-order valence-electron chi connectivity index (χ1n) is 9.87. The Hall–Kier alpha value is -2.76. The van der Waals surface area contributed by atoms with Crippen molar-refractivity contribution in [2.45, 2.75) is 19.8 Å². The van der Waals surface area contributed by atoms with Crippen LogP contribution in [0.25, 0.3) is 23.0 Å². The maximum Gasteiger partial charge on any atom is 0.195 e. The molecule has 0 radical (unpaired) electrons. The maximum absolute atomic E-state index is 12.8. The van der Waals surface area contributed by atoms with Crippen molar-refractivity contribution in [3.8, 4) is 16.9 Å². The first kappa shape index (κ1) is 20.5. The number of aryl methyl sites for hydroxylation is 1. The second kappa shape index (κ2) is 9.37. The van der Waals surface area contributed by atoms with Crippen molar-refractivity contribution < 1.29 is 4.79 Å². The molecule has 4 aromatic rings. The van der Waals surface area contributed by atoms with Gasteiger partial charge in [0.25, 0.3) is 0 Å². The first-order valence-corrected chi connectivity index (χ1v) is 11.5. The minimum Gasteiger partial charge on any atom is -0.288 e. The zero-order valence-corrected chi connectivity index (χ0v) is 19.0. The molecule has 0 aliphatic rings. The summed E-state index contributed by atoms with van der Waals surface area (Å²) in [6.07, 6.45) is 7.51. The minimum atomic E-state index is 0.00882. The molecule has 0 spiro atoms. The van der Waals surface area contributed by atoms with Crippen molar-refractivity contribution in [3.63, 3.8) is 0 Å². The van der Waals surface area contributed by atoms with Crippen LogP contribution < -0.4 is 0 Å². The number of hydrogen-bond donors (Lipinski definition) is 0. The number of aromatic nitrogens is 2. The second-order valence-electron chi connectivity index (χ2n) is 6.91. The van der Waals surface area contributed by atoms with Crippen LogP contribution >= 0.6 is 27.3 Å². The molecular weight excluding hydrogens is 456 g/mol. The third kappa shape index (κ3) is 4.53. The molecule has 0 saturated heterocycles. The summed E-state index contributed by atoms with van der Waals surface area (Å²) in [5.41, 5.74) is 3.75. The van der Waals surface area contributed by atoms with Crippen molar-refractivity contribution in [1.82, 2.24) is 9.78 Å². The monoisotopic (exact) mass is 476 g/mol. The van der Waals surface area contributed by atoms with E-state index in [2.05, 4.69) is 22.9 Å². The zero-order chi connectivity index (χ0) is 20.9. The number of ketones is 1. The molecule has 2 heterocycles. The van der Waals surface area contributed by atoms with Crippen molar-refractivity contribution >= 4 is 39.1 Å². The molecule has 0 N–H and O–H groups in total. The minimum absolute atomic E-state index is 0.00882. The Balaban J connectivity index is 1.68. The van der Waals surface area contributed by atoms with E-state index >= 15 is 0 Å². The second-order valence-corrected chi connectivity index (χ2v) is 8.90. The van der Waals surface area contributed by atoms with Gasteiger partial charge in [0.2, 0.25) is 0 Å². The van der Waals surface area contributed by atoms with Crippen LogP contribution in [0, 0.1) is 0 Å². The van der Waals surface area contributed by atoms with E-state index in [1.165, 1.54) is 4.88 Å². The molecule has 30 heavy (non-hydrogen) atoms. The molecule has 0 aliphatic carbocycles. The SMILES string of the molecule is CCCc1sc(C(=O)/C=C/c2cn(-c3ccccc3)nc2-c2ccccc2)cc1Br. The van der Waals surface area contributed by atoms with Crippen LogP contribution in [0.3, 0.4) is 0 Å². The number of benzene rings is 2. The van der Waals surface area contributed by atoms with Gasteiger partial charge in [-0.15, -0.1) is 11.3 Å². The smallest absolute Gasteiger partial charge is 0.195 e. The molecule has 150 valence electrons. The molecule has 0 saturated carbocycles. The summed E-state index contributed by atoms with van der Waals surface area (Å²) in [6, 6.07) is 21.9. The molecule has 2 aromatic carbocycles. The third-order valence-electron chi connectivity index (χ3n) is 4.70. The van der Waals surface area contributed by atoms with Gasteiger partial charge in [-0.3, -0.25) is 4.79 Å². The van der Waals surface area contributed by atoms with Crippen LogP contribution in [-0.2, 0) is 6.42 Å². The van der Waals surface area contributed by atoms with Gasteiger partial charge in [-0.2, -0.15) is 5.10 Å². The standard InChI is InChI=1S/C25H21BrN2OS/c1-2-9-23-21(26)16-24(30-23)22(29)15-14-19-17-28(20-12-7-4-8-13-20)27-25(19)18-10-5-3-6-11-18/h3-8,10-17H,2,9H2,1H3/b15-14+. The number of rotatable bonds is 7. The summed E-state index contributed by atoms with van der Waals surface area (Å²) in [7, 11) is 0. The average Bonchev–Trinajstić information content (AvgIpc) is 3.38. The Kier molecular flexibility index (Phi) is 6.41. The van der Waals surface area contributed by atoms with E-state index < -0.39 is 0 Å². The van der Waals surface area contributed by atoms with Crippen LogP contribution in [0.1, 0.15) is 33.5 Å². The highest BCUT2D eigenvalue weighted by Gasteiger charge is 2.13. The molecule has 0 amide bonds. The lowest BCUT2D eigenvalue weighted by atomic mass is 10.1. The van der Waals surface area contributed by atoms with Gasteiger partial charge in [0.05, 0.1) is 16.3 Å². The van der Waals surface area contributed by atoms with Gasteiger partial charge in [0.1, 0.15) is 0 Å². The summed E-state index contributed by atoms with van der Waals surface area (Å²) in [6.45, 7) is 2.14. The number of para-hydroxylation sites is 1. The van der Waals surface area contributed by atoms with E-state index in [9.17, 15) is 4.79 Å². The molecule has 0 unspecified atom stereocenters. The van der Waals surface area contributed by atoms with Crippen molar-refractivity contribution in [1.29, 1.82) is 0 Å². The molecular formula is C25H21BrN2OS. The van der Waals surface area contributed by atoms with E-state index in [4.69, 9.17) is 5.10 Å². The van der Waals surface area contributed by atoms with Gasteiger partial charge in [-0.25, -0.2) is 4.68 Å². The Morgan fingerprint density at radius 1 is 1.10 bits per heavy atom. The van der Waals surface area contributed by atoms with Crippen molar-refractivity contribution in [3.05, 3.63) is 98.8 Å². The van der Waals surface area contributed by atoms with Gasteiger partial charge in [-0.1, -0.05) is 61.9 Å². The van der Waals surface area contributed by atoms with Crippen molar-refractivity contribution in [2.75, 3.05) is 0 Å². The normalized spacial score (nSPS) is 11.3. The fraction of sp³-hybridized carbons (Fsp3) is 0.120. The number of thiophene rings is 1. The maximum atomic E-state index is 12.8. The van der Waals surface area contributed by atoms with Crippen molar-refractivity contribution in [2.24, 2.45) is 0 Å². The summed E-state index contributed by atoms with van der Waals surface area (Å²) >= 11 is 5.14. The quantitative estimate of drug-likeness (QED) is 0.208. The highest BCUT2D eigenvalue weighted by molar-refractivity contribution is 9.10. The largest absolute Gasteiger partial charge is 0.288 e. The highest BCUT2D eigenvalue weighted by atomic mass is 79.9.